The molecule has 2 N–H and O–H groups in total. The molecule has 0 saturated heterocycles. The van der Waals surface area contributed by atoms with Crippen molar-refractivity contribution in [2.45, 2.75) is 6.42 Å². The minimum absolute atomic E-state index is 0.440. The van der Waals surface area contributed by atoms with E-state index in [-0.39, 0.29) is 0 Å². The van der Waals surface area contributed by atoms with Crippen LogP contribution in [0.25, 0.3) is 11.5 Å². The standard InChI is InChI=1S/C12H15N3O3/c1-16-6-5-11-14-12(18-15-11)8-3-4-10(17-2)9(13)7-8/h3-4,7H,5-6,13H2,1-2H3. The van der Waals surface area contributed by atoms with Crippen molar-refractivity contribution in [1.29, 1.82) is 0 Å². The van der Waals surface area contributed by atoms with Crippen molar-refractivity contribution in [2.24, 2.45) is 0 Å². The second-order valence-corrected chi connectivity index (χ2v) is 3.72. The Kier molecular flexibility index (Phi) is 3.78. The lowest BCUT2D eigenvalue weighted by Crippen LogP contribution is -1.96. The van der Waals surface area contributed by atoms with Crippen molar-refractivity contribution in [2.75, 3.05) is 26.6 Å². The third-order valence-electron chi connectivity index (χ3n) is 2.47. The van der Waals surface area contributed by atoms with Crippen LogP contribution >= 0.6 is 0 Å². The second-order valence-electron chi connectivity index (χ2n) is 3.72. The molecule has 96 valence electrons. The number of aromatic nitrogens is 2. The van der Waals surface area contributed by atoms with Crippen LogP contribution in [0, 0.1) is 0 Å². The highest BCUT2D eigenvalue weighted by molar-refractivity contribution is 5.65. The first kappa shape index (κ1) is 12.4. The number of ether oxygens (including phenoxy) is 2. The molecular formula is C12H15N3O3. The summed E-state index contributed by atoms with van der Waals surface area (Å²) in [5, 5.41) is 3.86. The van der Waals surface area contributed by atoms with E-state index in [1.54, 1.807) is 26.4 Å². The van der Waals surface area contributed by atoms with Crippen LogP contribution in [0.15, 0.2) is 22.7 Å². The second kappa shape index (κ2) is 5.50. The van der Waals surface area contributed by atoms with Gasteiger partial charge >= 0.3 is 0 Å². The zero-order valence-corrected chi connectivity index (χ0v) is 10.3. The summed E-state index contributed by atoms with van der Waals surface area (Å²) in [6, 6.07) is 5.33. The van der Waals surface area contributed by atoms with Gasteiger partial charge in [0.1, 0.15) is 5.75 Å². The minimum atomic E-state index is 0.440. The number of anilines is 1. The number of nitrogens with two attached hydrogens (primary N) is 1. The monoisotopic (exact) mass is 249 g/mol. The van der Waals surface area contributed by atoms with Crippen LogP contribution in [-0.2, 0) is 11.2 Å². The van der Waals surface area contributed by atoms with Gasteiger partial charge in [-0.05, 0) is 18.2 Å². The number of methoxy groups -OCH3 is 2. The summed E-state index contributed by atoms with van der Waals surface area (Å²) >= 11 is 0. The molecule has 0 aliphatic heterocycles. The third-order valence-corrected chi connectivity index (χ3v) is 2.47. The number of nitrogen functional groups attached to an aromatic ring is 1. The molecule has 0 fully saturated rings. The van der Waals surface area contributed by atoms with Gasteiger partial charge in [0, 0.05) is 19.1 Å². The fourth-order valence-corrected chi connectivity index (χ4v) is 1.53. The first-order valence-electron chi connectivity index (χ1n) is 5.50. The molecule has 18 heavy (non-hydrogen) atoms. The SMILES string of the molecule is COCCc1noc(-c2ccc(OC)c(N)c2)n1. The highest BCUT2D eigenvalue weighted by Crippen LogP contribution is 2.27. The lowest BCUT2D eigenvalue weighted by atomic mass is 10.2. The molecule has 0 radical (unpaired) electrons. The summed E-state index contributed by atoms with van der Waals surface area (Å²) in [6.45, 7) is 0.559. The molecular weight excluding hydrogens is 234 g/mol. The summed E-state index contributed by atoms with van der Waals surface area (Å²) in [5.41, 5.74) is 7.12. The molecule has 0 aliphatic rings. The molecule has 2 aromatic rings. The number of hydrogen-bond acceptors (Lipinski definition) is 6. The van der Waals surface area contributed by atoms with E-state index in [1.165, 1.54) is 0 Å². The van der Waals surface area contributed by atoms with Crippen LogP contribution in [0.2, 0.25) is 0 Å². The minimum Gasteiger partial charge on any atom is -0.495 e. The van der Waals surface area contributed by atoms with Crippen LogP contribution < -0.4 is 10.5 Å². The largest absolute Gasteiger partial charge is 0.495 e. The molecule has 0 bridgehead atoms. The molecule has 2 rings (SSSR count). The van der Waals surface area contributed by atoms with E-state index < -0.39 is 0 Å². The van der Waals surface area contributed by atoms with Gasteiger partial charge in [0.25, 0.3) is 5.89 Å². The molecule has 0 saturated carbocycles. The average molecular weight is 249 g/mol. The van der Waals surface area contributed by atoms with Gasteiger partial charge in [-0.15, -0.1) is 0 Å². The van der Waals surface area contributed by atoms with Gasteiger partial charge in [0.15, 0.2) is 5.82 Å². The normalized spacial score (nSPS) is 10.6. The van der Waals surface area contributed by atoms with E-state index in [1.807, 2.05) is 6.07 Å². The fourth-order valence-electron chi connectivity index (χ4n) is 1.53. The maximum Gasteiger partial charge on any atom is 0.258 e. The van der Waals surface area contributed by atoms with Crippen LogP contribution in [0.4, 0.5) is 5.69 Å². The van der Waals surface area contributed by atoms with Crippen molar-refractivity contribution >= 4 is 5.69 Å². The van der Waals surface area contributed by atoms with E-state index >= 15 is 0 Å². The van der Waals surface area contributed by atoms with Gasteiger partial charge in [-0.1, -0.05) is 5.16 Å². The Bertz CT molecular complexity index is 525. The first-order chi connectivity index (χ1) is 8.74. The highest BCUT2D eigenvalue weighted by atomic mass is 16.5. The zero-order chi connectivity index (χ0) is 13.0. The molecule has 0 spiro atoms. The van der Waals surface area contributed by atoms with Gasteiger partial charge in [-0.25, -0.2) is 0 Å². The predicted octanol–water partition coefficient (Wildman–Crippen LogP) is 1.52. The van der Waals surface area contributed by atoms with Crippen LogP contribution in [0.3, 0.4) is 0 Å². The van der Waals surface area contributed by atoms with E-state index in [0.29, 0.717) is 36.2 Å². The van der Waals surface area contributed by atoms with E-state index in [4.69, 9.17) is 19.7 Å². The van der Waals surface area contributed by atoms with Crippen molar-refractivity contribution in [3.8, 4) is 17.2 Å². The molecule has 1 aromatic carbocycles. The Hall–Kier alpha value is -2.08. The van der Waals surface area contributed by atoms with Crippen LogP contribution in [0.1, 0.15) is 5.82 Å². The molecule has 1 aromatic heterocycles. The molecule has 0 unspecified atom stereocenters. The van der Waals surface area contributed by atoms with Crippen LogP contribution in [0.5, 0.6) is 5.75 Å². The molecule has 0 aliphatic carbocycles. The maximum atomic E-state index is 5.82. The van der Waals surface area contributed by atoms with Gasteiger partial charge in [-0.2, -0.15) is 4.98 Å². The molecule has 0 atom stereocenters. The Morgan fingerprint density at radius 2 is 2.17 bits per heavy atom. The molecule has 6 heteroatoms. The summed E-state index contributed by atoms with van der Waals surface area (Å²) in [7, 11) is 3.20. The van der Waals surface area contributed by atoms with Crippen molar-refractivity contribution in [1.82, 2.24) is 10.1 Å². The number of rotatable bonds is 5. The van der Waals surface area contributed by atoms with Gasteiger partial charge in [-0.3, -0.25) is 0 Å². The third kappa shape index (κ3) is 2.60. The Morgan fingerprint density at radius 1 is 1.33 bits per heavy atom. The zero-order valence-electron chi connectivity index (χ0n) is 10.3. The molecule has 6 nitrogen and oxygen atoms in total. The van der Waals surface area contributed by atoms with Gasteiger partial charge in [0.05, 0.1) is 19.4 Å². The Balaban J connectivity index is 2.20. The summed E-state index contributed by atoms with van der Waals surface area (Å²) in [6.07, 6.45) is 0.617. The quantitative estimate of drug-likeness (QED) is 0.809. The van der Waals surface area contributed by atoms with Crippen LogP contribution in [-0.4, -0.2) is 31.0 Å². The van der Waals surface area contributed by atoms with Gasteiger partial charge < -0.3 is 19.7 Å². The number of hydrogen-bond donors (Lipinski definition) is 1. The Labute approximate surface area is 105 Å². The lowest BCUT2D eigenvalue weighted by Gasteiger charge is -2.04. The topological polar surface area (TPSA) is 83.4 Å². The van der Waals surface area contributed by atoms with Gasteiger partial charge in [0.2, 0.25) is 0 Å². The molecule has 0 amide bonds. The smallest absolute Gasteiger partial charge is 0.258 e. The predicted molar refractivity (Wildman–Crippen MR) is 66.3 cm³/mol. The summed E-state index contributed by atoms with van der Waals surface area (Å²) < 4.78 is 15.2. The van der Waals surface area contributed by atoms with Crippen molar-refractivity contribution in [3.05, 3.63) is 24.0 Å². The summed E-state index contributed by atoms with van der Waals surface area (Å²) in [4.78, 5) is 4.26. The number of nitrogens with zero attached hydrogens (tertiary/aromatic N) is 2. The first-order valence-corrected chi connectivity index (χ1v) is 5.50. The molecule has 1 heterocycles. The maximum absolute atomic E-state index is 5.82. The highest BCUT2D eigenvalue weighted by Gasteiger charge is 2.10. The van der Waals surface area contributed by atoms with E-state index in [0.717, 1.165) is 5.56 Å². The average Bonchev–Trinajstić information content (AvgIpc) is 2.85. The summed E-state index contributed by atoms with van der Waals surface area (Å²) in [5.74, 6) is 1.68. The number of benzene rings is 1. The fraction of sp³-hybridized carbons (Fsp3) is 0.333. The lowest BCUT2D eigenvalue weighted by molar-refractivity contribution is 0.199. The van der Waals surface area contributed by atoms with Crippen molar-refractivity contribution < 1.29 is 14.0 Å². The van der Waals surface area contributed by atoms with E-state index in [9.17, 15) is 0 Å². The van der Waals surface area contributed by atoms with E-state index in [2.05, 4.69) is 10.1 Å². The van der Waals surface area contributed by atoms with Crippen molar-refractivity contribution in [3.63, 3.8) is 0 Å². The Morgan fingerprint density at radius 3 is 2.83 bits per heavy atom.